The van der Waals surface area contributed by atoms with Crippen LogP contribution in [0.25, 0.3) is 0 Å². The fraction of sp³-hybridized carbons (Fsp3) is 1.00. The summed E-state index contributed by atoms with van der Waals surface area (Å²) in [5.41, 5.74) is 0. The lowest BCUT2D eigenvalue weighted by atomic mass is 9.97. The van der Waals surface area contributed by atoms with Crippen LogP contribution in [0.3, 0.4) is 0 Å². The highest BCUT2D eigenvalue weighted by atomic mass is 16.7. The van der Waals surface area contributed by atoms with Gasteiger partial charge in [0.05, 0.1) is 19.8 Å². The average Bonchev–Trinajstić information content (AvgIpc) is 3.35. The maximum Gasteiger partial charge on any atom is 0.187 e. The second-order valence-electron chi connectivity index (χ2n) is 20.2. The first-order valence-electron chi connectivity index (χ1n) is 30.5. The van der Waals surface area contributed by atoms with E-state index in [2.05, 4.69) is 27.7 Å². The second kappa shape index (κ2) is 50.6. The Labute approximate surface area is 418 Å². The van der Waals surface area contributed by atoms with Gasteiger partial charge in [-0.2, -0.15) is 0 Å². The summed E-state index contributed by atoms with van der Waals surface area (Å²) in [5, 5.41) is 30.6. The minimum atomic E-state index is -1.37. The zero-order valence-electron chi connectivity index (χ0n) is 46.8. The zero-order chi connectivity index (χ0) is 50.3. The van der Waals surface area contributed by atoms with Crippen LogP contribution in [-0.4, -0.2) is 104 Å². The van der Waals surface area contributed by atoms with Crippen molar-refractivity contribution in [3.8, 4) is 0 Å². The van der Waals surface area contributed by atoms with Crippen LogP contribution in [-0.2, 0) is 28.4 Å². The average molecular weight is 960 g/mol. The molecule has 1 aliphatic rings. The van der Waals surface area contributed by atoms with E-state index in [1.54, 1.807) is 0 Å². The predicted octanol–water partition coefficient (Wildman–Crippen LogP) is 15.3. The van der Waals surface area contributed by atoms with E-state index >= 15 is 0 Å². The van der Waals surface area contributed by atoms with Crippen molar-refractivity contribution in [2.24, 2.45) is 0 Å². The molecule has 3 unspecified atom stereocenters. The first kappa shape index (κ1) is 60.9. The summed E-state index contributed by atoms with van der Waals surface area (Å²) in [6, 6.07) is 0. The molecule has 1 saturated heterocycles. The lowest BCUT2D eigenvalue weighted by Gasteiger charge is -2.46. The van der Waals surface area contributed by atoms with Crippen LogP contribution < -0.4 is 0 Å². The highest BCUT2D eigenvalue weighted by Gasteiger charge is 2.49. The zero-order valence-corrected chi connectivity index (χ0v) is 44.8. The van der Waals surface area contributed by atoms with E-state index < -0.39 is 62.3 Å². The van der Waals surface area contributed by atoms with Crippen LogP contribution in [0.1, 0.15) is 287 Å². The maximum absolute atomic E-state index is 10.7. The minimum Gasteiger partial charge on any atom is -0.394 e. The van der Waals surface area contributed by atoms with Gasteiger partial charge in [-0.15, -0.1) is 0 Å². The minimum absolute atomic E-state index is 0.152. The number of ether oxygens (including phenoxy) is 6. The molecule has 0 spiro atoms. The highest BCUT2D eigenvalue weighted by molar-refractivity contribution is 4.93. The molecule has 402 valence electrons. The molecule has 67 heavy (non-hydrogen) atoms. The monoisotopic (exact) mass is 959 g/mol. The molecule has 1 aliphatic heterocycles. The maximum atomic E-state index is 10.7. The Kier molecular flexibility index (Phi) is 46.0. The summed E-state index contributed by atoms with van der Waals surface area (Å²) in [5.74, 6) is 0. The molecule has 0 aromatic rings. The van der Waals surface area contributed by atoms with Gasteiger partial charge in [0.2, 0.25) is 0 Å². The SMILES string of the molecule is [2H]C(CCCCCCCCCC)CO[C@H]1[C@H](OCCCCCCCCCCCC)[C@@H](COCCCCCCCCCCCC)OC(OC[C@H](O)[C@H](O)CO)[C@H]1OCC([2H])CCCCCCCCCC. The van der Waals surface area contributed by atoms with Crippen LogP contribution in [0.5, 0.6) is 0 Å². The quantitative estimate of drug-likeness (QED) is 0.0513. The summed E-state index contributed by atoms with van der Waals surface area (Å²) in [4.78, 5) is 0. The normalized spacial score (nSPS) is 21.0. The molecule has 9 atom stereocenters. The van der Waals surface area contributed by atoms with Gasteiger partial charge in [-0.1, -0.05) is 259 Å². The summed E-state index contributed by atoms with van der Waals surface area (Å²) >= 11 is 0. The number of hydrogen-bond acceptors (Lipinski definition) is 9. The molecule has 0 amide bonds. The molecular weight excluding hydrogens is 841 g/mol. The lowest BCUT2D eigenvalue weighted by molar-refractivity contribution is -0.327. The molecule has 0 aromatic heterocycles. The predicted molar refractivity (Wildman–Crippen MR) is 281 cm³/mol. The van der Waals surface area contributed by atoms with Gasteiger partial charge in [-0.3, -0.25) is 0 Å². The van der Waals surface area contributed by atoms with Crippen LogP contribution in [0.4, 0.5) is 0 Å². The van der Waals surface area contributed by atoms with Crippen molar-refractivity contribution in [1.82, 2.24) is 0 Å². The van der Waals surface area contributed by atoms with Gasteiger partial charge in [0.25, 0.3) is 0 Å². The van der Waals surface area contributed by atoms with Crippen molar-refractivity contribution < 1.29 is 46.5 Å². The molecule has 9 nitrogen and oxygen atoms in total. The molecule has 1 fully saturated rings. The Balaban J connectivity index is 3.21. The summed E-state index contributed by atoms with van der Waals surface area (Å²) in [7, 11) is 0. The molecule has 0 bridgehead atoms. The molecule has 0 saturated carbocycles. The van der Waals surface area contributed by atoms with Crippen LogP contribution in [0, 0.1) is 0 Å². The van der Waals surface area contributed by atoms with E-state index in [1.165, 1.54) is 180 Å². The van der Waals surface area contributed by atoms with Crippen molar-refractivity contribution in [1.29, 1.82) is 0 Å². The third kappa shape index (κ3) is 38.0. The van der Waals surface area contributed by atoms with E-state index in [0.29, 0.717) is 13.2 Å². The molecule has 9 heteroatoms. The van der Waals surface area contributed by atoms with Gasteiger partial charge >= 0.3 is 0 Å². The summed E-state index contributed by atoms with van der Waals surface area (Å²) in [6.45, 7) is 9.87. The number of hydrogen-bond donors (Lipinski definition) is 3. The van der Waals surface area contributed by atoms with Crippen molar-refractivity contribution in [2.75, 3.05) is 46.2 Å². The van der Waals surface area contributed by atoms with Gasteiger partial charge in [-0.25, -0.2) is 0 Å². The van der Waals surface area contributed by atoms with E-state index in [-0.39, 0.29) is 26.4 Å². The van der Waals surface area contributed by atoms with Gasteiger partial charge in [0.15, 0.2) is 6.29 Å². The van der Waals surface area contributed by atoms with Gasteiger partial charge < -0.3 is 43.7 Å². The number of aliphatic hydroxyl groups excluding tert-OH is 3. The van der Waals surface area contributed by atoms with Crippen molar-refractivity contribution in [2.45, 2.75) is 327 Å². The molecular formula is C58H116O9. The van der Waals surface area contributed by atoms with Crippen LogP contribution in [0.15, 0.2) is 0 Å². The van der Waals surface area contributed by atoms with Crippen molar-refractivity contribution in [3.63, 3.8) is 0 Å². The van der Waals surface area contributed by atoms with Crippen molar-refractivity contribution in [3.05, 3.63) is 0 Å². The van der Waals surface area contributed by atoms with E-state index in [1.807, 2.05) is 0 Å². The first-order valence-corrected chi connectivity index (χ1v) is 29.3. The van der Waals surface area contributed by atoms with Crippen LogP contribution in [0.2, 0.25) is 0 Å². The fourth-order valence-electron chi connectivity index (χ4n) is 9.21. The highest BCUT2D eigenvalue weighted by Crippen LogP contribution is 2.31. The van der Waals surface area contributed by atoms with E-state index in [9.17, 15) is 15.3 Å². The Hall–Kier alpha value is -0.360. The van der Waals surface area contributed by atoms with Gasteiger partial charge in [0.1, 0.15) is 36.6 Å². The molecule has 1 rings (SSSR count). The first-order chi connectivity index (χ1) is 33.8. The summed E-state index contributed by atoms with van der Waals surface area (Å²) in [6.07, 6.45) is 38.3. The molecule has 0 aliphatic carbocycles. The molecule has 0 radical (unpaired) electrons. The molecule has 1 heterocycles. The molecule has 0 aromatic carbocycles. The topological polar surface area (TPSA) is 116 Å². The Morgan fingerprint density at radius 2 is 0.731 bits per heavy atom. The van der Waals surface area contributed by atoms with Gasteiger partial charge in [0, 0.05) is 29.2 Å². The Morgan fingerprint density at radius 3 is 1.13 bits per heavy atom. The lowest BCUT2D eigenvalue weighted by Crippen LogP contribution is -2.62. The van der Waals surface area contributed by atoms with Crippen LogP contribution >= 0.6 is 0 Å². The number of aliphatic hydroxyl groups is 3. The molecule has 3 N–H and O–H groups in total. The smallest absolute Gasteiger partial charge is 0.187 e. The largest absolute Gasteiger partial charge is 0.394 e. The van der Waals surface area contributed by atoms with E-state index in [0.717, 1.165) is 64.2 Å². The third-order valence-electron chi connectivity index (χ3n) is 13.7. The van der Waals surface area contributed by atoms with Gasteiger partial charge in [-0.05, 0) is 25.6 Å². The van der Waals surface area contributed by atoms with E-state index in [4.69, 9.17) is 31.2 Å². The Morgan fingerprint density at radius 1 is 0.388 bits per heavy atom. The fourth-order valence-corrected chi connectivity index (χ4v) is 9.21. The second-order valence-corrected chi connectivity index (χ2v) is 20.2. The van der Waals surface area contributed by atoms with Crippen molar-refractivity contribution >= 4 is 0 Å². The number of rotatable bonds is 54. The Bertz CT molecular complexity index is 1030. The third-order valence-corrected chi connectivity index (χ3v) is 13.7. The number of unbranched alkanes of at least 4 members (excludes halogenated alkanes) is 32. The standard InChI is InChI=1S/C58H116O9/c1-5-9-13-17-21-25-29-33-37-41-45-62-51-54-55(63-46-42-38-34-30-26-22-18-14-10-6-2)56(64-47-43-39-35-31-27-23-19-15-11-7-3)57(58(67-54)66-50-53(61)52(60)49-59)65-48-44-40-36-32-28-24-20-16-12-8-4/h52-61H,5-51H2,1-4H3/t52-,53+,54-,55-,56+,57+,58?/m1/s1/i43D,44D/t43?,44?,52-,53+,54-,55-,56+,57+,58?. The summed E-state index contributed by atoms with van der Waals surface area (Å²) < 4.78 is 57.7.